The normalized spacial score (nSPS) is 13.6. The molecule has 4 heteroatoms. The lowest BCUT2D eigenvalue weighted by Crippen LogP contribution is -2.10. The van der Waals surface area contributed by atoms with Crippen molar-refractivity contribution in [2.24, 2.45) is 5.73 Å². The van der Waals surface area contributed by atoms with Crippen molar-refractivity contribution in [3.63, 3.8) is 0 Å². The number of aromatic amines is 1. The second-order valence-corrected chi connectivity index (χ2v) is 1.89. The van der Waals surface area contributed by atoms with Gasteiger partial charge >= 0.3 is 0 Å². The Morgan fingerprint density at radius 1 is 1.89 bits per heavy atom. The highest BCUT2D eigenvalue weighted by molar-refractivity contribution is 4.87. The third kappa shape index (κ3) is 1.26. The predicted molar refractivity (Wildman–Crippen MR) is 33.6 cm³/mol. The molecule has 0 fully saturated rings. The zero-order chi connectivity index (χ0) is 6.69. The van der Waals surface area contributed by atoms with Gasteiger partial charge < -0.3 is 5.73 Å². The van der Waals surface area contributed by atoms with Crippen molar-refractivity contribution in [3.8, 4) is 0 Å². The first-order chi connectivity index (χ1) is 4.34. The minimum absolute atomic E-state index is 0.00694. The maximum Gasteiger partial charge on any atom is 0.141 e. The molecule has 1 atom stereocenters. The van der Waals surface area contributed by atoms with E-state index in [9.17, 15) is 0 Å². The van der Waals surface area contributed by atoms with Gasteiger partial charge in [-0.25, -0.2) is 4.98 Å². The smallest absolute Gasteiger partial charge is 0.141 e. The van der Waals surface area contributed by atoms with Crippen molar-refractivity contribution in [2.75, 3.05) is 0 Å². The fourth-order valence-corrected chi connectivity index (χ4v) is 0.587. The molecule has 0 saturated carbocycles. The quantitative estimate of drug-likeness (QED) is 0.595. The fourth-order valence-electron chi connectivity index (χ4n) is 0.587. The van der Waals surface area contributed by atoms with Crippen LogP contribution in [0.4, 0.5) is 0 Å². The van der Waals surface area contributed by atoms with Crippen molar-refractivity contribution >= 4 is 0 Å². The van der Waals surface area contributed by atoms with Gasteiger partial charge in [-0.3, -0.25) is 5.10 Å². The van der Waals surface area contributed by atoms with Gasteiger partial charge in [0.2, 0.25) is 0 Å². The number of aromatic nitrogens is 3. The van der Waals surface area contributed by atoms with Gasteiger partial charge in [0, 0.05) is 0 Å². The summed E-state index contributed by atoms with van der Waals surface area (Å²) in [4.78, 5) is 3.90. The van der Waals surface area contributed by atoms with Crippen LogP contribution in [0.15, 0.2) is 6.33 Å². The summed E-state index contributed by atoms with van der Waals surface area (Å²) in [5.74, 6) is 0.762. The first-order valence-electron chi connectivity index (χ1n) is 2.95. The predicted octanol–water partition coefficient (Wildman–Crippen LogP) is 0.215. The molecule has 9 heavy (non-hydrogen) atoms. The van der Waals surface area contributed by atoms with Gasteiger partial charge in [0.05, 0.1) is 6.04 Å². The highest BCUT2D eigenvalue weighted by atomic mass is 15.2. The molecule has 0 aliphatic heterocycles. The molecule has 1 rings (SSSR count). The van der Waals surface area contributed by atoms with Crippen molar-refractivity contribution in [2.45, 2.75) is 19.4 Å². The van der Waals surface area contributed by atoms with Crippen LogP contribution in [0.25, 0.3) is 0 Å². The summed E-state index contributed by atoms with van der Waals surface area (Å²) < 4.78 is 0. The minimum atomic E-state index is 0.00694. The van der Waals surface area contributed by atoms with Gasteiger partial charge in [0.1, 0.15) is 12.2 Å². The summed E-state index contributed by atoms with van der Waals surface area (Å²) in [7, 11) is 0. The molecule has 1 heterocycles. The van der Waals surface area contributed by atoms with Gasteiger partial charge in [-0.15, -0.1) is 0 Å². The lowest BCUT2D eigenvalue weighted by Gasteiger charge is -2.00. The lowest BCUT2D eigenvalue weighted by atomic mass is 10.2. The second kappa shape index (κ2) is 2.59. The van der Waals surface area contributed by atoms with Crippen molar-refractivity contribution in [1.82, 2.24) is 15.2 Å². The third-order valence-corrected chi connectivity index (χ3v) is 1.22. The van der Waals surface area contributed by atoms with E-state index in [0.717, 1.165) is 12.2 Å². The summed E-state index contributed by atoms with van der Waals surface area (Å²) in [5, 5.41) is 6.38. The van der Waals surface area contributed by atoms with E-state index >= 15 is 0 Å². The number of H-pyrrole nitrogens is 1. The molecule has 1 aromatic rings. The molecular weight excluding hydrogens is 116 g/mol. The Morgan fingerprint density at radius 3 is 3.11 bits per heavy atom. The van der Waals surface area contributed by atoms with Crippen LogP contribution in [0, 0.1) is 0 Å². The first-order valence-corrected chi connectivity index (χ1v) is 2.95. The van der Waals surface area contributed by atoms with Crippen molar-refractivity contribution in [1.29, 1.82) is 0 Å². The Hall–Kier alpha value is -0.900. The van der Waals surface area contributed by atoms with Crippen LogP contribution in [0.5, 0.6) is 0 Å². The first kappa shape index (κ1) is 6.22. The maximum absolute atomic E-state index is 5.60. The molecule has 0 aromatic carbocycles. The van der Waals surface area contributed by atoms with Crippen molar-refractivity contribution < 1.29 is 0 Å². The molecule has 0 bridgehead atoms. The highest BCUT2D eigenvalue weighted by Crippen LogP contribution is 2.04. The Kier molecular flexibility index (Phi) is 1.79. The molecule has 0 radical (unpaired) electrons. The molecule has 0 amide bonds. The second-order valence-electron chi connectivity index (χ2n) is 1.89. The molecule has 1 aromatic heterocycles. The average molecular weight is 126 g/mol. The van der Waals surface area contributed by atoms with E-state index in [1.54, 1.807) is 0 Å². The van der Waals surface area contributed by atoms with Crippen LogP contribution >= 0.6 is 0 Å². The number of nitrogens with two attached hydrogens (primary N) is 1. The summed E-state index contributed by atoms with van der Waals surface area (Å²) in [6.07, 6.45) is 2.35. The summed E-state index contributed by atoms with van der Waals surface area (Å²) in [6, 6.07) is 0.00694. The van der Waals surface area contributed by atoms with E-state index < -0.39 is 0 Å². The molecule has 0 spiro atoms. The topological polar surface area (TPSA) is 67.6 Å². The molecular formula is C5H10N4. The van der Waals surface area contributed by atoms with Crippen LogP contribution in [0.3, 0.4) is 0 Å². The van der Waals surface area contributed by atoms with E-state index in [2.05, 4.69) is 15.2 Å². The van der Waals surface area contributed by atoms with E-state index in [-0.39, 0.29) is 6.04 Å². The van der Waals surface area contributed by atoms with E-state index in [0.29, 0.717) is 0 Å². The fraction of sp³-hybridized carbons (Fsp3) is 0.600. The largest absolute Gasteiger partial charge is 0.321 e. The van der Waals surface area contributed by atoms with Crippen molar-refractivity contribution in [3.05, 3.63) is 12.2 Å². The van der Waals surface area contributed by atoms with Crippen LogP contribution in [-0.4, -0.2) is 15.2 Å². The Bertz CT molecular complexity index is 157. The maximum atomic E-state index is 5.60. The zero-order valence-electron chi connectivity index (χ0n) is 5.33. The number of nitrogens with zero attached hydrogens (tertiary/aromatic N) is 2. The van der Waals surface area contributed by atoms with Gasteiger partial charge in [0.25, 0.3) is 0 Å². The summed E-state index contributed by atoms with van der Waals surface area (Å²) in [6.45, 7) is 2.01. The highest BCUT2D eigenvalue weighted by Gasteiger charge is 2.03. The number of hydrogen-bond donors (Lipinski definition) is 2. The van der Waals surface area contributed by atoms with Gasteiger partial charge in [0.15, 0.2) is 0 Å². The van der Waals surface area contributed by atoms with E-state index in [1.165, 1.54) is 6.33 Å². The van der Waals surface area contributed by atoms with Gasteiger partial charge in [-0.2, -0.15) is 5.10 Å². The third-order valence-electron chi connectivity index (χ3n) is 1.22. The van der Waals surface area contributed by atoms with Crippen LogP contribution in [-0.2, 0) is 0 Å². The Labute approximate surface area is 53.5 Å². The molecule has 0 aliphatic carbocycles. The monoisotopic (exact) mass is 126 g/mol. The van der Waals surface area contributed by atoms with E-state index in [4.69, 9.17) is 5.73 Å². The number of hydrogen-bond acceptors (Lipinski definition) is 3. The van der Waals surface area contributed by atoms with Gasteiger partial charge in [-0.1, -0.05) is 6.92 Å². The lowest BCUT2D eigenvalue weighted by molar-refractivity contribution is 0.652. The van der Waals surface area contributed by atoms with Gasteiger partial charge in [-0.05, 0) is 6.42 Å². The molecule has 50 valence electrons. The Balaban J connectivity index is 2.65. The van der Waals surface area contributed by atoms with E-state index in [1.807, 2.05) is 6.92 Å². The van der Waals surface area contributed by atoms with Crippen LogP contribution in [0.1, 0.15) is 25.2 Å². The molecule has 1 unspecified atom stereocenters. The minimum Gasteiger partial charge on any atom is -0.321 e. The SMILES string of the molecule is CCC(N)c1ncn[nH]1. The molecule has 4 nitrogen and oxygen atoms in total. The standard InChI is InChI=1S/C5H10N4/c1-2-4(6)5-7-3-8-9-5/h3-4H,2,6H2,1H3,(H,7,8,9). The van der Waals surface area contributed by atoms with Crippen LogP contribution < -0.4 is 5.73 Å². The number of rotatable bonds is 2. The average Bonchev–Trinajstić information content (AvgIpc) is 2.37. The summed E-state index contributed by atoms with van der Waals surface area (Å²) >= 11 is 0. The zero-order valence-corrected chi connectivity index (χ0v) is 5.33. The molecule has 0 saturated heterocycles. The Morgan fingerprint density at radius 2 is 2.67 bits per heavy atom. The molecule has 0 aliphatic rings. The number of nitrogens with one attached hydrogen (secondary N) is 1. The van der Waals surface area contributed by atoms with Crippen LogP contribution in [0.2, 0.25) is 0 Å². The molecule has 3 N–H and O–H groups in total. The summed E-state index contributed by atoms with van der Waals surface area (Å²) in [5.41, 5.74) is 5.60.